The summed E-state index contributed by atoms with van der Waals surface area (Å²) in [6, 6.07) is 84.6. The van der Waals surface area contributed by atoms with Crippen LogP contribution in [-0.2, 0) is 0 Å². The summed E-state index contributed by atoms with van der Waals surface area (Å²) < 4.78 is 20.9. The summed E-state index contributed by atoms with van der Waals surface area (Å²) in [6.45, 7) is 2.32. The van der Waals surface area contributed by atoms with Gasteiger partial charge in [-0.2, -0.15) is 0 Å². The van der Waals surface area contributed by atoms with E-state index in [9.17, 15) is 0 Å². The lowest BCUT2D eigenvalue weighted by Crippen LogP contribution is -2.13. The third-order valence-corrected chi connectivity index (χ3v) is 19.7. The lowest BCUT2D eigenvalue weighted by molar-refractivity contribution is 0.615. The van der Waals surface area contributed by atoms with Crippen LogP contribution in [0.25, 0.3) is 140 Å². The summed E-state index contributed by atoms with van der Waals surface area (Å²) in [7, 11) is 0. The fourth-order valence-electron chi connectivity index (χ4n) is 13.6. The second-order valence-electron chi connectivity index (χ2n) is 21.7. The number of aromatic nitrogens is 1. The molecule has 0 amide bonds. The Balaban J connectivity index is 0.854. The topological polar surface area (TPSA) is 43.6 Å². The van der Waals surface area contributed by atoms with Gasteiger partial charge in [0, 0.05) is 89.5 Å². The largest absolute Gasteiger partial charge is 0.456 e. The van der Waals surface area contributed by atoms with E-state index in [4.69, 9.17) is 13.8 Å². The number of benzene rings is 11. The van der Waals surface area contributed by atoms with Gasteiger partial charge in [0.1, 0.15) is 22.3 Å². The van der Waals surface area contributed by atoms with Crippen molar-refractivity contribution in [3.63, 3.8) is 0 Å². The number of allylic oxidation sites excluding steroid dienone is 2. The number of para-hydroxylation sites is 3. The van der Waals surface area contributed by atoms with Crippen LogP contribution in [0.2, 0.25) is 0 Å². The molecular formula is C75H50N2O2S2. The van der Waals surface area contributed by atoms with E-state index in [1.54, 1.807) is 0 Å². The van der Waals surface area contributed by atoms with Crippen molar-refractivity contribution in [1.82, 2.24) is 4.57 Å². The van der Waals surface area contributed by atoms with E-state index in [0.717, 1.165) is 86.5 Å². The third-order valence-electron chi connectivity index (χ3n) is 17.3. The summed E-state index contributed by atoms with van der Waals surface area (Å²) in [5, 5.41) is 12.2. The Morgan fingerprint density at radius 1 is 0.444 bits per heavy atom. The van der Waals surface area contributed by atoms with Crippen LogP contribution in [0.4, 0.5) is 0 Å². The van der Waals surface area contributed by atoms with Crippen molar-refractivity contribution in [3.05, 3.63) is 253 Å². The quantitative estimate of drug-likeness (QED) is 0.160. The second-order valence-corrected chi connectivity index (χ2v) is 23.8. The average Bonchev–Trinajstić information content (AvgIpc) is 4.53. The molecular weight excluding hydrogens is 1020 g/mol. The van der Waals surface area contributed by atoms with Gasteiger partial charge in [-0.25, -0.2) is 0 Å². The van der Waals surface area contributed by atoms with Crippen molar-refractivity contribution in [3.8, 4) is 27.9 Å². The monoisotopic (exact) mass is 1070 g/mol. The van der Waals surface area contributed by atoms with Crippen molar-refractivity contribution < 1.29 is 8.83 Å². The van der Waals surface area contributed by atoms with Crippen molar-refractivity contribution >= 4 is 140 Å². The van der Waals surface area contributed by atoms with Crippen molar-refractivity contribution in [1.29, 1.82) is 0 Å². The highest BCUT2D eigenvalue weighted by molar-refractivity contribution is 7.26. The Labute approximate surface area is 474 Å². The maximum Gasteiger partial charge on any atom is 0.136 e. The lowest BCUT2D eigenvalue weighted by atomic mass is 9.84. The van der Waals surface area contributed by atoms with E-state index >= 15 is 0 Å². The summed E-state index contributed by atoms with van der Waals surface area (Å²) in [6.07, 6.45) is 3.59. The van der Waals surface area contributed by atoms with E-state index in [1.165, 1.54) is 107 Å². The molecule has 0 N–H and O–H groups in total. The van der Waals surface area contributed by atoms with Crippen molar-refractivity contribution in [2.75, 3.05) is 0 Å². The molecule has 1 aliphatic heterocycles. The summed E-state index contributed by atoms with van der Waals surface area (Å²) in [4.78, 5) is 5.99. The average molecular weight is 1080 g/mol. The Bertz CT molecular complexity index is 5330. The van der Waals surface area contributed by atoms with Gasteiger partial charge in [0.2, 0.25) is 0 Å². The number of aliphatic imine (C=N–C) groups is 1. The first-order chi connectivity index (χ1) is 40.1. The van der Waals surface area contributed by atoms with Gasteiger partial charge in [-0.3, -0.25) is 4.99 Å². The molecule has 0 aliphatic carbocycles. The van der Waals surface area contributed by atoms with Crippen molar-refractivity contribution in [2.45, 2.75) is 38.6 Å². The second kappa shape index (κ2) is 18.4. The summed E-state index contributed by atoms with van der Waals surface area (Å²) in [5.41, 5.74) is 19.3. The molecule has 11 aromatic carbocycles. The first kappa shape index (κ1) is 46.6. The van der Waals surface area contributed by atoms with Gasteiger partial charge >= 0.3 is 0 Å². The number of hydrogen-bond acceptors (Lipinski definition) is 5. The fourth-order valence-corrected chi connectivity index (χ4v) is 16.0. The Morgan fingerprint density at radius 2 is 1.07 bits per heavy atom. The highest BCUT2D eigenvalue weighted by Crippen LogP contribution is 2.48. The van der Waals surface area contributed by atoms with Gasteiger partial charge < -0.3 is 13.4 Å². The molecule has 16 aromatic rings. The molecule has 1 unspecified atom stereocenters. The number of rotatable bonds is 7. The highest BCUT2D eigenvalue weighted by atomic mass is 32.1. The summed E-state index contributed by atoms with van der Waals surface area (Å²) >= 11 is 3.77. The number of nitrogens with zero attached hydrogens (tertiary/aromatic N) is 2. The molecule has 0 bridgehead atoms. The van der Waals surface area contributed by atoms with Gasteiger partial charge in [0.05, 0.1) is 22.8 Å². The van der Waals surface area contributed by atoms with E-state index < -0.39 is 0 Å². The molecule has 81 heavy (non-hydrogen) atoms. The molecule has 4 nitrogen and oxygen atoms in total. The van der Waals surface area contributed by atoms with Gasteiger partial charge in [-0.05, 0) is 150 Å². The van der Waals surface area contributed by atoms with Crippen LogP contribution in [0.1, 0.15) is 55.3 Å². The summed E-state index contributed by atoms with van der Waals surface area (Å²) in [5.74, 6) is 0. The Morgan fingerprint density at radius 3 is 1.93 bits per heavy atom. The van der Waals surface area contributed by atoms with Gasteiger partial charge in [0.15, 0.2) is 0 Å². The van der Waals surface area contributed by atoms with Gasteiger partial charge in [-0.1, -0.05) is 153 Å². The van der Waals surface area contributed by atoms with Crippen molar-refractivity contribution in [2.24, 2.45) is 4.99 Å². The zero-order valence-corrected chi connectivity index (χ0v) is 46.0. The number of thiophene rings is 2. The van der Waals surface area contributed by atoms with Crippen LogP contribution >= 0.6 is 22.7 Å². The normalized spacial score (nSPS) is 14.5. The first-order valence-electron chi connectivity index (χ1n) is 28.2. The lowest BCUT2D eigenvalue weighted by Gasteiger charge is -2.25. The molecule has 0 saturated carbocycles. The van der Waals surface area contributed by atoms with E-state index in [1.807, 2.05) is 28.7 Å². The molecule has 6 heteroatoms. The van der Waals surface area contributed by atoms with Gasteiger partial charge in [-0.15, -0.1) is 22.7 Å². The molecule has 5 aromatic heterocycles. The maximum atomic E-state index is 6.89. The molecule has 384 valence electrons. The maximum absolute atomic E-state index is 6.89. The smallest absolute Gasteiger partial charge is 0.136 e. The highest BCUT2D eigenvalue weighted by Gasteiger charge is 2.27. The predicted molar refractivity (Wildman–Crippen MR) is 345 cm³/mol. The SMILES string of the molecule is CCC1=C(c2cccc3oc4ccc(-c5cc(-c6ccc7c(c6)c6ccccc6n7-c6ccccc6)c6sc7ccccc7c6c5)cc4c23)CCCC(c2ccc3c(c2)oc2ccccc23)N=C1c1cccc2c1sc1ccccc12. The van der Waals surface area contributed by atoms with Crippen LogP contribution in [0, 0.1) is 0 Å². The van der Waals surface area contributed by atoms with E-state index in [2.05, 4.69) is 236 Å². The number of fused-ring (bicyclic) bond motifs is 15. The van der Waals surface area contributed by atoms with E-state index in [-0.39, 0.29) is 6.04 Å². The zero-order chi connectivity index (χ0) is 53.3. The molecule has 0 spiro atoms. The molecule has 6 heterocycles. The predicted octanol–water partition coefficient (Wildman–Crippen LogP) is 22.2. The zero-order valence-electron chi connectivity index (χ0n) is 44.4. The first-order valence-corrected chi connectivity index (χ1v) is 29.9. The molecule has 1 atom stereocenters. The molecule has 17 rings (SSSR count). The molecule has 0 radical (unpaired) electrons. The van der Waals surface area contributed by atoms with Crippen LogP contribution in [0.3, 0.4) is 0 Å². The Hall–Kier alpha value is -9.33. The minimum absolute atomic E-state index is 0.0578. The number of furan rings is 2. The van der Waals surface area contributed by atoms with E-state index in [0.29, 0.717) is 0 Å². The van der Waals surface area contributed by atoms with Crippen LogP contribution < -0.4 is 0 Å². The minimum Gasteiger partial charge on any atom is -0.456 e. The third kappa shape index (κ3) is 7.30. The Kier molecular flexibility index (Phi) is 10.6. The van der Waals surface area contributed by atoms with Crippen LogP contribution in [-0.4, -0.2) is 10.3 Å². The standard InChI is InChI=1S/C75H50N2O2S2/c1-2-49-50(23-15-27-63(46-33-36-53-52-20-7-11-29-66(52)79-69(53)43-46)76-73(49)58-26-14-25-57-54-21-8-12-31-70(54)80-74(57)58)56-24-16-30-68-72(56)62-39-44(35-38-67(62)78-68)47-41-59(75-61(42-47)55-22-9-13-32-71(55)81-75)45-34-37-65-60(40-45)51-19-6-10-28-64(51)77(65)48-17-4-3-5-18-48/h3-14,16-22,24-26,28-43,63H,2,15,23,27H2,1H3. The molecule has 0 saturated heterocycles. The van der Waals surface area contributed by atoms with Crippen LogP contribution in [0.15, 0.2) is 250 Å². The molecule has 0 fully saturated rings. The number of hydrogen-bond donors (Lipinski definition) is 0. The fraction of sp³-hybridized carbons (Fsp3) is 0.0800. The van der Waals surface area contributed by atoms with Gasteiger partial charge in [0.25, 0.3) is 0 Å². The minimum atomic E-state index is -0.0578. The van der Waals surface area contributed by atoms with Crippen LogP contribution in [0.5, 0.6) is 0 Å². The molecule has 1 aliphatic rings.